The summed E-state index contributed by atoms with van der Waals surface area (Å²) in [7, 11) is 0. The van der Waals surface area contributed by atoms with Gasteiger partial charge >= 0.3 is 0 Å². The summed E-state index contributed by atoms with van der Waals surface area (Å²) in [4.78, 5) is 12.4. The lowest BCUT2D eigenvalue weighted by Gasteiger charge is -2.15. The first-order valence-corrected chi connectivity index (χ1v) is 11.0. The maximum absolute atomic E-state index is 5.92. The molecule has 0 saturated carbocycles. The zero-order valence-corrected chi connectivity index (χ0v) is 19.9. The van der Waals surface area contributed by atoms with Crippen molar-refractivity contribution >= 4 is 92.7 Å². The molecule has 0 spiro atoms. The number of hydrogen-bond acceptors (Lipinski definition) is 4. The molecule has 4 nitrogen and oxygen atoms in total. The van der Waals surface area contributed by atoms with Crippen molar-refractivity contribution in [2.24, 2.45) is 0 Å². The molecule has 0 aliphatic rings. The van der Waals surface area contributed by atoms with E-state index < -0.39 is 7.59 Å². The van der Waals surface area contributed by atoms with Crippen molar-refractivity contribution in [2.45, 2.75) is 7.59 Å². The topological polar surface area (TPSA) is 51.8 Å². The summed E-state index contributed by atoms with van der Waals surface area (Å²) in [6.07, 6.45) is 3.81. The molecule has 4 aromatic rings. The van der Waals surface area contributed by atoms with Gasteiger partial charge in [-0.3, -0.25) is 0 Å². The highest BCUT2D eigenvalue weighted by molar-refractivity contribution is 6.67. The lowest BCUT2D eigenvalue weighted by atomic mass is 10.1. The quantitative estimate of drug-likeness (QED) is 0.250. The van der Waals surface area contributed by atoms with Gasteiger partial charge in [-0.1, -0.05) is 118 Å². The fourth-order valence-corrected chi connectivity index (χ4v) is 3.27. The van der Waals surface area contributed by atoms with Gasteiger partial charge in [0.15, 0.2) is 17.5 Å². The molecular formula is C21H11Cl6N3O. The normalized spacial score (nSPS) is 12.7. The van der Waals surface area contributed by atoms with Crippen molar-refractivity contribution in [3.05, 3.63) is 77.6 Å². The predicted molar refractivity (Wildman–Crippen MR) is 129 cm³/mol. The SMILES string of the molecule is ClC(Cl)(Cl)c1nc(-c2ccc(/C=C/c3cc4ccccc4o3)cc2)nc(C(Cl)(Cl)Cl)n1. The van der Waals surface area contributed by atoms with Gasteiger partial charge < -0.3 is 4.42 Å². The average Bonchev–Trinajstić information content (AvgIpc) is 3.14. The molecule has 4 rings (SSSR count). The monoisotopic (exact) mass is 531 g/mol. The molecule has 2 heterocycles. The second kappa shape index (κ2) is 8.78. The van der Waals surface area contributed by atoms with Crippen LogP contribution in [0.1, 0.15) is 23.0 Å². The Morgan fingerprint density at radius 1 is 0.710 bits per heavy atom. The summed E-state index contributed by atoms with van der Waals surface area (Å²) >= 11 is 35.5. The van der Waals surface area contributed by atoms with Crippen LogP contribution in [0.3, 0.4) is 0 Å². The Bertz CT molecular complexity index is 1190. The largest absolute Gasteiger partial charge is 0.457 e. The minimum Gasteiger partial charge on any atom is -0.457 e. The van der Waals surface area contributed by atoms with Gasteiger partial charge in [-0.15, -0.1) is 0 Å². The lowest BCUT2D eigenvalue weighted by molar-refractivity contribution is 0.604. The molecule has 158 valence electrons. The standard InChI is InChI=1S/C21H11Cl6N3O/c22-20(23,24)18-28-17(29-19(30-18)21(25,26)27)13-8-5-12(6-9-13)7-10-15-11-14-3-1-2-4-16(14)31-15/h1-11H/b10-7+. The molecule has 0 bridgehead atoms. The molecule has 0 amide bonds. The molecule has 0 unspecified atom stereocenters. The third-order valence-electron chi connectivity index (χ3n) is 4.20. The number of fused-ring (bicyclic) bond motifs is 1. The van der Waals surface area contributed by atoms with Crippen LogP contribution in [0.25, 0.3) is 34.5 Å². The molecule has 2 aromatic carbocycles. The van der Waals surface area contributed by atoms with Gasteiger partial charge in [0.05, 0.1) is 0 Å². The van der Waals surface area contributed by atoms with Crippen LogP contribution < -0.4 is 0 Å². The smallest absolute Gasteiger partial charge is 0.250 e. The fourth-order valence-electron chi connectivity index (χ4n) is 2.76. The number of rotatable bonds is 3. The molecule has 0 fully saturated rings. The second-order valence-electron chi connectivity index (χ2n) is 6.44. The molecule has 0 N–H and O–H groups in total. The van der Waals surface area contributed by atoms with Gasteiger partial charge in [0.1, 0.15) is 11.3 Å². The number of para-hydroxylation sites is 1. The van der Waals surface area contributed by atoms with Gasteiger partial charge in [0, 0.05) is 10.9 Å². The van der Waals surface area contributed by atoms with Crippen molar-refractivity contribution in [1.82, 2.24) is 15.0 Å². The van der Waals surface area contributed by atoms with Gasteiger partial charge in [-0.25, -0.2) is 15.0 Å². The maximum atomic E-state index is 5.92. The zero-order chi connectivity index (χ0) is 22.2. The Hall–Kier alpha value is -1.53. The van der Waals surface area contributed by atoms with E-state index in [2.05, 4.69) is 15.0 Å². The fraction of sp³-hybridized carbons (Fsp3) is 0.0952. The van der Waals surface area contributed by atoms with E-state index in [4.69, 9.17) is 74.0 Å². The number of furan rings is 1. The van der Waals surface area contributed by atoms with Gasteiger partial charge in [-0.2, -0.15) is 0 Å². The van der Waals surface area contributed by atoms with Gasteiger partial charge in [0.25, 0.3) is 0 Å². The molecule has 10 heteroatoms. The van der Waals surface area contributed by atoms with E-state index in [1.54, 1.807) is 12.1 Å². The Balaban J connectivity index is 1.63. The van der Waals surface area contributed by atoms with E-state index in [1.165, 1.54) is 0 Å². The van der Waals surface area contributed by atoms with E-state index in [1.807, 2.05) is 54.6 Å². The average molecular weight is 534 g/mol. The van der Waals surface area contributed by atoms with Crippen LogP contribution in [0.15, 0.2) is 59.0 Å². The molecule has 0 aliphatic carbocycles. The first kappa shape index (κ1) is 22.7. The highest BCUT2D eigenvalue weighted by Crippen LogP contribution is 2.40. The van der Waals surface area contributed by atoms with Crippen LogP contribution in [0, 0.1) is 0 Å². The molecule has 0 aliphatic heterocycles. The van der Waals surface area contributed by atoms with Crippen LogP contribution in [0.2, 0.25) is 0 Å². The van der Waals surface area contributed by atoms with Crippen LogP contribution in [-0.2, 0) is 7.59 Å². The number of halogens is 6. The van der Waals surface area contributed by atoms with Gasteiger partial charge in [0.2, 0.25) is 7.59 Å². The number of nitrogens with zero attached hydrogens (tertiary/aromatic N) is 3. The number of aromatic nitrogens is 3. The van der Waals surface area contributed by atoms with Crippen molar-refractivity contribution in [2.75, 3.05) is 0 Å². The van der Waals surface area contributed by atoms with Gasteiger partial charge in [-0.05, 0) is 23.8 Å². The Morgan fingerprint density at radius 3 is 1.90 bits per heavy atom. The Kier molecular flexibility index (Phi) is 6.42. The van der Waals surface area contributed by atoms with Crippen LogP contribution in [0.4, 0.5) is 0 Å². The predicted octanol–water partition coefficient (Wildman–Crippen LogP) is 8.11. The number of benzene rings is 2. The highest BCUT2D eigenvalue weighted by atomic mass is 35.6. The van der Waals surface area contributed by atoms with Crippen molar-refractivity contribution in [3.63, 3.8) is 0 Å². The molecule has 0 radical (unpaired) electrons. The first-order chi connectivity index (χ1) is 14.6. The van der Waals surface area contributed by atoms with Crippen molar-refractivity contribution < 1.29 is 4.42 Å². The molecule has 2 aromatic heterocycles. The molecule has 31 heavy (non-hydrogen) atoms. The van der Waals surface area contributed by atoms with E-state index in [9.17, 15) is 0 Å². The maximum Gasteiger partial charge on any atom is 0.250 e. The van der Waals surface area contributed by atoms with Crippen LogP contribution in [0.5, 0.6) is 0 Å². The second-order valence-corrected chi connectivity index (χ2v) is 11.0. The minimum absolute atomic E-state index is 0.141. The Morgan fingerprint density at radius 2 is 1.32 bits per heavy atom. The Labute approximate surface area is 207 Å². The van der Waals surface area contributed by atoms with E-state index in [-0.39, 0.29) is 17.5 Å². The summed E-state index contributed by atoms with van der Waals surface area (Å²) < 4.78 is 1.97. The summed E-state index contributed by atoms with van der Waals surface area (Å²) in [5, 5.41) is 1.04. The molecule has 0 saturated heterocycles. The summed E-state index contributed by atoms with van der Waals surface area (Å²) in [6, 6.07) is 17.2. The summed E-state index contributed by atoms with van der Waals surface area (Å²) in [5.74, 6) is 0.684. The molecular weight excluding hydrogens is 523 g/mol. The van der Waals surface area contributed by atoms with E-state index in [0.29, 0.717) is 5.56 Å². The van der Waals surface area contributed by atoms with Crippen LogP contribution >= 0.6 is 69.6 Å². The van der Waals surface area contributed by atoms with Crippen molar-refractivity contribution in [1.29, 1.82) is 0 Å². The number of alkyl halides is 6. The van der Waals surface area contributed by atoms with Crippen molar-refractivity contribution in [3.8, 4) is 11.4 Å². The van der Waals surface area contributed by atoms with Crippen LogP contribution in [-0.4, -0.2) is 15.0 Å². The minimum atomic E-state index is -1.91. The number of hydrogen-bond donors (Lipinski definition) is 0. The lowest BCUT2D eigenvalue weighted by Crippen LogP contribution is -2.16. The third-order valence-corrected chi connectivity index (χ3v) is 5.21. The molecule has 0 atom stereocenters. The third kappa shape index (κ3) is 5.46. The van der Waals surface area contributed by atoms with E-state index in [0.717, 1.165) is 22.3 Å². The summed E-state index contributed by atoms with van der Waals surface area (Å²) in [5.41, 5.74) is 2.40. The zero-order valence-electron chi connectivity index (χ0n) is 15.4. The summed E-state index contributed by atoms with van der Waals surface area (Å²) in [6.45, 7) is 0. The first-order valence-electron chi connectivity index (χ1n) is 8.77. The van der Waals surface area contributed by atoms with E-state index >= 15 is 0 Å². The highest BCUT2D eigenvalue weighted by Gasteiger charge is 2.34.